The number of carboxylic acids is 1. The number of nitriles is 1. The van der Waals surface area contributed by atoms with E-state index in [-0.39, 0.29) is 12.8 Å². The Balaban J connectivity index is 2.18. The van der Waals surface area contributed by atoms with Crippen molar-refractivity contribution in [1.82, 2.24) is 0 Å². The van der Waals surface area contributed by atoms with Gasteiger partial charge < -0.3 is 10.3 Å². The second-order valence-corrected chi connectivity index (χ2v) is 4.71. The molecule has 5 nitrogen and oxygen atoms in total. The normalized spacial score (nSPS) is 11.0. The van der Waals surface area contributed by atoms with E-state index in [0.717, 1.165) is 11.1 Å². The highest BCUT2D eigenvalue weighted by molar-refractivity contribution is 6.01. The third-order valence-electron chi connectivity index (χ3n) is 3.26. The van der Waals surface area contributed by atoms with Crippen molar-refractivity contribution in [2.45, 2.75) is 12.8 Å². The van der Waals surface area contributed by atoms with E-state index in [1.807, 2.05) is 24.3 Å². The van der Waals surface area contributed by atoms with Gasteiger partial charge in [-0.05, 0) is 28.8 Å². The molecule has 0 saturated carbocycles. The van der Waals surface area contributed by atoms with E-state index in [0.29, 0.717) is 16.8 Å². The molecule has 2 N–H and O–H groups in total. The van der Waals surface area contributed by atoms with Crippen molar-refractivity contribution in [3.05, 3.63) is 59.7 Å². The Morgan fingerprint density at radius 2 is 1.55 bits per heavy atom. The van der Waals surface area contributed by atoms with Gasteiger partial charge >= 0.3 is 5.97 Å². The van der Waals surface area contributed by atoms with Crippen molar-refractivity contribution in [1.29, 1.82) is 5.26 Å². The first-order chi connectivity index (χ1) is 10.6. The van der Waals surface area contributed by atoms with E-state index >= 15 is 0 Å². The van der Waals surface area contributed by atoms with Crippen LogP contribution in [0.3, 0.4) is 0 Å². The van der Waals surface area contributed by atoms with Crippen LogP contribution in [0.2, 0.25) is 0 Å². The van der Waals surface area contributed by atoms with Gasteiger partial charge in [0.05, 0.1) is 23.8 Å². The summed E-state index contributed by atoms with van der Waals surface area (Å²) in [5.41, 5.74) is 3.56. The summed E-state index contributed by atoms with van der Waals surface area (Å²) in [7, 11) is 0. The Kier molecular flexibility index (Phi) is 4.89. The molecule has 2 aromatic carbocycles. The summed E-state index contributed by atoms with van der Waals surface area (Å²) in [6.07, 6.45) is 0.0822. The highest BCUT2D eigenvalue weighted by atomic mass is 16.4. The molecule has 2 aromatic rings. The van der Waals surface area contributed by atoms with E-state index in [1.165, 1.54) is 0 Å². The van der Waals surface area contributed by atoms with E-state index in [9.17, 15) is 4.79 Å². The van der Waals surface area contributed by atoms with Crippen molar-refractivity contribution in [3.63, 3.8) is 0 Å². The molecule has 0 spiro atoms. The van der Waals surface area contributed by atoms with Crippen LogP contribution in [0, 0.1) is 11.3 Å². The second kappa shape index (κ2) is 7.04. The van der Waals surface area contributed by atoms with E-state index < -0.39 is 5.97 Å². The Bertz CT molecular complexity index is 726. The maximum Gasteiger partial charge on any atom is 0.303 e. The molecule has 0 amide bonds. The topological polar surface area (TPSA) is 93.7 Å². The van der Waals surface area contributed by atoms with Gasteiger partial charge in [-0.15, -0.1) is 0 Å². The fourth-order valence-corrected chi connectivity index (χ4v) is 2.07. The average Bonchev–Trinajstić information content (AvgIpc) is 2.56. The summed E-state index contributed by atoms with van der Waals surface area (Å²) in [5, 5.41) is 29.6. The van der Waals surface area contributed by atoms with Gasteiger partial charge in [-0.25, -0.2) is 0 Å². The third kappa shape index (κ3) is 3.70. The highest BCUT2D eigenvalue weighted by Crippen LogP contribution is 2.21. The van der Waals surface area contributed by atoms with Gasteiger partial charge in [0.2, 0.25) is 0 Å². The lowest BCUT2D eigenvalue weighted by atomic mass is 10.00. The van der Waals surface area contributed by atoms with Crippen LogP contribution in [-0.4, -0.2) is 22.0 Å². The molecule has 0 unspecified atom stereocenters. The maximum absolute atomic E-state index is 10.6. The van der Waals surface area contributed by atoms with Crippen LogP contribution in [0.5, 0.6) is 0 Å². The van der Waals surface area contributed by atoms with Crippen LogP contribution in [0.4, 0.5) is 0 Å². The lowest BCUT2D eigenvalue weighted by molar-refractivity contribution is -0.136. The Morgan fingerprint density at radius 3 is 2.00 bits per heavy atom. The van der Waals surface area contributed by atoms with Crippen molar-refractivity contribution >= 4 is 11.7 Å². The summed E-state index contributed by atoms with van der Waals surface area (Å²) >= 11 is 0. The number of hydrogen-bond acceptors (Lipinski definition) is 4. The van der Waals surface area contributed by atoms with Crippen LogP contribution in [0.15, 0.2) is 53.7 Å². The second-order valence-electron chi connectivity index (χ2n) is 4.71. The number of aliphatic carboxylic acids is 1. The smallest absolute Gasteiger partial charge is 0.303 e. The first-order valence-corrected chi connectivity index (χ1v) is 6.67. The SMILES string of the molecule is N#Cc1ccc(-c2ccc(/C(CCC(=O)O)=N/O)cc2)cc1. The summed E-state index contributed by atoms with van der Waals surface area (Å²) in [6.45, 7) is 0. The molecule has 0 atom stereocenters. The predicted octanol–water partition coefficient (Wildman–Crippen LogP) is 3.27. The largest absolute Gasteiger partial charge is 0.481 e. The summed E-state index contributed by atoms with van der Waals surface area (Å²) in [5.74, 6) is -0.935. The minimum Gasteiger partial charge on any atom is -0.481 e. The summed E-state index contributed by atoms with van der Waals surface area (Å²) in [4.78, 5) is 10.6. The molecule has 0 radical (unpaired) electrons. The first-order valence-electron chi connectivity index (χ1n) is 6.67. The minimum atomic E-state index is -0.935. The molecule has 0 bridgehead atoms. The Hall–Kier alpha value is -3.13. The molecule has 22 heavy (non-hydrogen) atoms. The zero-order valence-electron chi connectivity index (χ0n) is 11.7. The van der Waals surface area contributed by atoms with Crippen molar-refractivity contribution in [2.75, 3.05) is 0 Å². The third-order valence-corrected chi connectivity index (χ3v) is 3.26. The number of nitrogens with zero attached hydrogens (tertiary/aromatic N) is 2. The Morgan fingerprint density at radius 1 is 1.00 bits per heavy atom. The molecule has 2 rings (SSSR count). The van der Waals surface area contributed by atoms with Gasteiger partial charge in [0.1, 0.15) is 0 Å². The van der Waals surface area contributed by atoms with Crippen LogP contribution in [-0.2, 0) is 4.79 Å². The monoisotopic (exact) mass is 294 g/mol. The molecule has 5 heteroatoms. The fourth-order valence-electron chi connectivity index (χ4n) is 2.07. The average molecular weight is 294 g/mol. The number of carboxylic acid groups (broad SMARTS) is 1. The quantitative estimate of drug-likeness (QED) is 0.502. The predicted molar refractivity (Wildman–Crippen MR) is 81.8 cm³/mol. The van der Waals surface area contributed by atoms with Crippen molar-refractivity contribution in [3.8, 4) is 17.2 Å². The van der Waals surface area contributed by atoms with E-state index in [1.54, 1.807) is 24.3 Å². The van der Waals surface area contributed by atoms with Crippen molar-refractivity contribution in [2.24, 2.45) is 5.16 Å². The van der Waals surface area contributed by atoms with Gasteiger partial charge in [0, 0.05) is 6.42 Å². The fraction of sp³-hybridized carbons (Fsp3) is 0.118. The van der Waals surface area contributed by atoms with Gasteiger partial charge in [0.15, 0.2) is 0 Å². The zero-order chi connectivity index (χ0) is 15.9. The summed E-state index contributed by atoms with van der Waals surface area (Å²) < 4.78 is 0. The maximum atomic E-state index is 10.6. The van der Waals surface area contributed by atoms with Crippen LogP contribution >= 0.6 is 0 Å². The number of hydrogen-bond donors (Lipinski definition) is 2. The first kappa shape index (κ1) is 15.3. The van der Waals surface area contributed by atoms with Crippen LogP contribution in [0.1, 0.15) is 24.0 Å². The minimum absolute atomic E-state index is 0.0865. The molecule has 110 valence electrons. The molecule has 0 fully saturated rings. The van der Waals surface area contributed by atoms with Gasteiger partial charge in [0.25, 0.3) is 0 Å². The van der Waals surface area contributed by atoms with E-state index in [2.05, 4.69) is 11.2 Å². The molecule has 0 aromatic heterocycles. The number of oxime groups is 1. The highest BCUT2D eigenvalue weighted by Gasteiger charge is 2.08. The standard InChI is InChI=1S/C17H14N2O3/c18-11-12-1-3-13(4-2-12)14-5-7-15(8-6-14)16(19-22)9-10-17(20)21/h1-8,22H,9-10H2,(H,20,21)/b19-16+. The molecule has 0 saturated heterocycles. The lowest BCUT2D eigenvalue weighted by Crippen LogP contribution is -2.05. The number of carbonyl (C=O) groups is 1. The van der Waals surface area contributed by atoms with E-state index in [4.69, 9.17) is 15.6 Å². The van der Waals surface area contributed by atoms with Gasteiger partial charge in [-0.2, -0.15) is 5.26 Å². The van der Waals surface area contributed by atoms with Gasteiger partial charge in [-0.1, -0.05) is 41.6 Å². The molecule has 0 aliphatic rings. The van der Waals surface area contributed by atoms with Crippen LogP contribution in [0.25, 0.3) is 11.1 Å². The Labute approximate surface area is 127 Å². The zero-order valence-corrected chi connectivity index (χ0v) is 11.7. The molecule has 0 aliphatic carbocycles. The van der Waals surface area contributed by atoms with Crippen LogP contribution < -0.4 is 0 Å². The van der Waals surface area contributed by atoms with Gasteiger partial charge in [-0.3, -0.25) is 4.79 Å². The molecule has 0 aliphatic heterocycles. The lowest BCUT2D eigenvalue weighted by Gasteiger charge is -2.06. The molecular formula is C17H14N2O3. The molecule has 0 heterocycles. The summed E-state index contributed by atoms with van der Waals surface area (Å²) in [6, 6.07) is 16.6. The molecular weight excluding hydrogens is 280 g/mol. The van der Waals surface area contributed by atoms with Crippen molar-refractivity contribution < 1.29 is 15.1 Å². The number of rotatable bonds is 5. The number of benzene rings is 2.